The van der Waals surface area contributed by atoms with Gasteiger partial charge in [-0.1, -0.05) is 41.7 Å². The molecule has 3 aromatic rings. The molecular formula is C12H8LiN3. The van der Waals surface area contributed by atoms with E-state index in [-0.39, 0.29) is 18.9 Å². The standard InChI is InChI=1S/C12H8N3.Li/c1-2-6-10(7-3-1)12-11-8-4-5-9-15(11)14-13-12;/h1-4,6-9H;/q-1;+1. The maximum atomic E-state index is 4.16. The van der Waals surface area contributed by atoms with Gasteiger partial charge in [0.25, 0.3) is 0 Å². The fraction of sp³-hybridized carbons (Fsp3) is 0. The summed E-state index contributed by atoms with van der Waals surface area (Å²) in [5.74, 6) is 0. The van der Waals surface area contributed by atoms with Crippen molar-refractivity contribution >= 4 is 5.52 Å². The van der Waals surface area contributed by atoms with Gasteiger partial charge in [-0.3, -0.25) is 4.52 Å². The number of rotatable bonds is 1. The molecule has 2 aromatic heterocycles. The van der Waals surface area contributed by atoms with Gasteiger partial charge in [-0.2, -0.15) is 6.07 Å². The van der Waals surface area contributed by atoms with Gasteiger partial charge in [-0.25, -0.2) is 12.1 Å². The van der Waals surface area contributed by atoms with Crippen LogP contribution < -0.4 is 18.9 Å². The largest absolute Gasteiger partial charge is 1.00 e. The van der Waals surface area contributed by atoms with Crippen molar-refractivity contribution in [3.8, 4) is 11.3 Å². The molecule has 0 aliphatic heterocycles. The SMILES string of the molecule is [Li+].[c-]1ccc2c(-c3ccccc3)nnn2c1. The van der Waals surface area contributed by atoms with E-state index in [1.165, 1.54) is 0 Å². The Hall–Kier alpha value is -1.56. The van der Waals surface area contributed by atoms with Crippen molar-refractivity contribution in [1.82, 2.24) is 14.8 Å². The molecule has 0 amide bonds. The number of hydrogen-bond donors (Lipinski definition) is 0. The fourth-order valence-corrected chi connectivity index (χ4v) is 1.59. The van der Waals surface area contributed by atoms with Crippen molar-refractivity contribution < 1.29 is 18.9 Å². The maximum absolute atomic E-state index is 4.16. The van der Waals surface area contributed by atoms with Gasteiger partial charge in [0.15, 0.2) is 0 Å². The van der Waals surface area contributed by atoms with E-state index >= 15 is 0 Å². The second-order valence-electron chi connectivity index (χ2n) is 3.26. The Morgan fingerprint density at radius 2 is 1.88 bits per heavy atom. The van der Waals surface area contributed by atoms with Gasteiger partial charge in [0.1, 0.15) is 5.69 Å². The van der Waals surface area contributed by atoms with Gasteiger partial charge in [0, 0.05) is 11.1 Å². The number of hydrogen-bond acceptors (Lipinski definition) is 2. The van der Waals surface area contributed by atoms with Crippen LogP contribution >= 0.6 is 0 Å². The summed E-state index contributed by atoms with van der Waals surface area (Å²) >= 11 is 0. The summed E-state index contributed by atoms with van der Waals surface area (Å²) in [6.07, 6.45) is 1.77. The van der Waals surface area contributed by atoms with E-state index in [0.29, 0.717) is 0 Å². The predicted molar refractivity (Wildman–Crippen MR) is 57.3 cm³/mol. The molecule has 0 fully saturated rings. The van der Waals surface area contributed by atoms with Crippen LogP contribution in [0.5, 0.6) is 0 Å². The average Bonchev–Trinajstić information content (AvgIpc) is 2.74. The first kappa shape index (κ1) is 10.9. The van der Waals surface area contributed by atoms with E-state index in [2.05, 4.69) is 16.4 Å². The molecule has 4 heteroatoms. The Morgan fingerprint density at radius 1 is 1.06 bits per heavy atom. The van der Waals surface area contributed by atoms with Gasteiger partial charge in [0.2, 0.25) is 0 Å². The van der Waals surface area contributed by atoms with Gasteiger partial charge in [-0.05, 0) is 0 Å². The molecule has 0 unspecified atom stereocenters. The molecule has 2 heterocycles. The van der Waals surface area contributed by atoms with Crippen molar-refractivity contribution in [1.29, 1.82) is 0 Å². The molecule has 3 rings (SSSR count). The minimum atomic E-state index is 0. The smallest absolute Gasteiger partial charge is 0.257 e. The third kappa shape index (κ3) is 1.76. The molecule has 1 aromatic carbocycles. The number of fused-ring (bicyclic) bond motifs is 1. The summed E-state index contributed by atoms with van der Waals surface area (Å²) in [7, 11) is 0. The molecule has 16 heavy (non-hydrogen) atoms. The Bertz CT molecular complexity index is 589. The van der Waals surface area contributed by atoms with Gasteiger partial charge < -0.3 is 0 Å². The summed E-state index contributed by atoms with van der Waals surface area (Å²) in [6, 6.07) is 16.8. The van der Waals surface area contributed by atoms with Crippen LogP contribution in [0.15, 0.2) is 48.7 Å². The molecule has 0 spiro atoms. The summed E-state index contributed by atoms with van der Waals surface area (Å²) in [5, 5.41) is 8.19. The second kappa shape index (κ2) is 4.52. The molecule has 0 aliphatic rings. The van der Waals surface area contributed by atoms with E-state index in [1.54, 1.807) is 10.7 Å². The molecule has 72 valence electrons. The first-order valence-corrected chi connectivity index (χ1v) is 4.72. The minimum absolute atomic E-state index is 0. The van der Waals surface area contributed by atoms with Crippen molar-refractivity contribution in [2.75, 3.05) is 0 Å². The fourth-order valence-electron chi connectivity index (χ4n) is 1.59. The van der Waals surface area contributed by atoms with Crippen molar-refractivity contribution in [3.63, 3.8) is 0 Å². The number of pyridine rings is 1. The van der Waals surface area contributed by atoms with Crippen LogP contribution in [0, 0.1) is 6.07 Å². The van der Waals surface area contributed by atoms with E-state index < -0.39 is 0 Å². The predicted octanol–water partition coefficient (Wildman–Crippen LogP) is -0.800. The molecule has 0 atom stereocenters. The van der Waals surface area contributed by atoms with Crippen LogP contribution in [0.4, 0.5) is 0 Å². The van der Waals surface area contributed by atoms with Crippen LogP contribution in [-0.2, 0) is 0 Å². The van der Waals surface area contributed by atoms with Gasteiger partial charge in [0.05, 0.1) is 0 Å². The third-order valence-electron chi connectivity index (χ3n) is 2.31. The Morgan fingerprint density at radius 3 is 2.69 bits per heavy atom. The average molecular weight is 201 g/mol. The quantitative estimate of drug-likeness (QED) is 0.381. The zero-order valence-electron chi connectivity index (χ0n) is 8.96. The number of nitrogens with zero attached hydrogens (tertiary/aromatic N) is 3. The number of benzene rings is 1. The van der Waals surface area contributed by atoms with Crippen molar-refractivity contribution in [3.05, 3.63) is 54.7 Å². The first-order valence-electron chi connectivity index (χ1n) is 4.72. The maximum Gasteiger partial charge on any atom is 1.00 e. The molecule has 0 saturated heterocycles. The molecular weight excluding hydrogens is 193 g/mol. The monoisotopic (exact) mass is 201 g/mol. The summed E-state index contributed by atoms with van der Waals surface area (Å²) in [6.45, 7) is 0. The van der Waals surface area contributed by atoms with E-state index in [1.807, 2.05) is 42.5 Å². The van der Waals surface area contributed by atoms with Crippen molar-refractivity contribution in [2.45, 2.75) is 0 Å². The molecule has 3 nitrogen and oxygen atoms in total. The Labute approximate surface area is 105 Å². The molecule has 0 saturated carbocycles. The normalized spacial score (nSPS) is 10.0. The van der Waals surface area contributed by atoms with Crippen LogP contribution in [0.3, 0.4) is 0 Å². The summed E-state index contributed by atoms with van der Waals surface area (Å²) < 4.78 is 1.72. The summed E-state index contributed by atoms with van der Waals surface area (Å²) in [5.41, 5.74) is 2.99. The van der Waals surface area contributed by atoms with Gasteiger partial charge in [-0.15, -0.1) is 5.10 Å². The van der Waals surface area contributed by atoms with Crippen LogP contribution in [0.2, 0.25) is 0 Å². The van der Waals surface area contributed by atoms with Crippen LogP contribution in [0.25, 0.3) is 16.8 Å². The Balaban J connectivity index is 0.000000963. The number of aromatic nitrogens is 3. The minimum Gasteiger partial charge on any atom is -0.257 e. The molecule has 0 aliphatic carbocycles. The van der Waals surface area contributed by atoms with Crippen molar-refractivity contribution in [2.24, 2.45) is 0 Å². The second-order valence-corrected chi connectivity index (χ2v) is 3.26. The zero-order valence-corrected chi connectivity index (χ0v) is 8.96. The molecule has 0 radical (unpaired) electrons. The third-order valence-corrected chi connectivity index (χ3v) is 2.31. The van der Waals surface area contributed by atoms with Crippen LogP contribution in [0.1, 0.15) is 0 Å². The Kier molecular flexibility index (Phi) is 3.09. The molecule has 0 N–H and O–H groups in total. The first-order chi connectivity index (χ1) is 7.45. The van der Waals surface area contributed by atoms with E-state index in [4.69, 9.17) is 0 Å². The summed E-state index contributed by atoms with van der Waals surface area (Å²) in [4.78, 5) is 0. The van der Waals surface area contributed by atoms with Crippen LogP contribution in [-0.4, -0.2) is 14.8 Å². The van der Waals surface area contributed by atoms with E-state index in [0.717, 1.165) is 16.8 Å². The topological polar surface area (TPSA) is 30.2 Å². The zero-order chi connectivity index (χ0) is 10.1. The van der Waals surface area contributed by atoms with E-state index in [9.17, 15) is 0 Å². The molecule has 0 bridgehead atoms. The van der Waals surface area contributed by atoms with Gasteiger partial charge >= 0.3 is 18.9 Å².